The second kappa shape index (κ2) is 7.48. The van der Waals surface area contributed by atoms with Gasteiger partial charge >= 0.3 is 5.97 Å². The van der Waals surface area contributed by atoms with Gasteiger partial charge in [0.25, 0.3) is 0 Å². The molecule has 3 rings (SSSR count). The minimum atomic E-state index is -0.906. The van der Waals surface area contributed by atoms with Crippen LogP contribution >= 0.6 is 23.5 Å². The normalized spacial score (nSPS) is 20.7. The van der Waals surface area contributed by atoms with E-state index in [1.54, 1.807) is 16.7 Å². The predicted molar refractivity (Wildman–Crippen MR) is 94.6 cm³/mol. The van der Waals surface area contributed by atoms with Gasteiger partial charge in [-0.25, -0.2) is 0 Å². The molecule has 128 valence electrons. The number of fused-ring (bicyclic) bond motifs is 1. The molecule has 0 spiro atoms. The number of carbonyl (C=O) groups is 3. The van der Waals surface area contributed by atoms with E-state index < -0.39 is 5.97 Å². The number of carboxylic acids is 1. The summed E-state index contributed by atoms with van der Waals surface area (Å²) in [5.74, 6) is 0.556. The lowest BCUT2D eigenvalue weighted by atomic mass is 10.2. The van der Waals surface area contributed by atoms with Gasteiger partial charge in [-0.2, -0.15) is 11.8 Å². The number of carbonyl (C=O) groups excluding carboxylic acids is 2. The third kappa shape index (κ3) is 3.70. The second-order valence-corrected chi connectivity index (χ2v) is 7.82. The molecule has 0 aliphatic carbocycles. The molecule has 0 bridgehead atoms. The van der Waals surface area contributed by atoms with E-state index in [9.17, 15) is 14.4 Å². The van der Waals surface area contributed by atoms with Crippen molar-refractivity contribution in [3.05, 3.63) is 24.3 Å². The Balaban J connectivity index is 1.76. The van der Waals surface area contributed by atoms with E-state index in [0.717, 1.165) is 16.3 Å². The van der Waals surface area contributed by atoms with Gasteiger partial charge in [-0.1, -0.05) is 12.1 Å². The Labute approximate surface area is 148 Å². The smallest absolute Gasteiger partial charge is 0.305 e. The number of amides is 2. The molecular formula is C16H18N2O4S2. The summed E-state index contributed by atoms with van der Waals surface area (Å²) in [5.41, 5.74) is 0.758. The summed E-state index contributed by atoms with van der Waals surface area (Å²) in [6.45, 7) is 0.497. The van der Waals surface area contributed by atoms with E-state index >= 15 is 0 Å². The number of carboxylic acid groups (broad SMARTS) is 1. The third-order valence-electron chi connectivity index (χ3n) is 4.06. The van der Waals surface area contributed by atoms with Crippen LogP contribution in [-0.4, -0.2) is 64.2 Å². The first kappa shape index (κ1) is 17.2. The number of hydrogen-bond acceptors (Lipinski definition) is 5. The van der Waals surface area contributed by atoms with Crippen LogP contribution in [0.25, 0.3) is 0 Å². The van der Waals surface area contributed by atoms with Gasteiger partial charge in [-0.15, -0.1) is 11.8 Å². The molecule has 2 amide bonds. The van der Waals surface area contributed by atoms with Crippen LogP contribution < -0.4 is 4.90 Å². The first-order valence-corrected chi connectivity index (χ1v) is 9.81. The van der Waals surface area contributed by atoms with Crippen molar-refractivity contribution in [1.82, 2.24) is 4.90 Å². The molecule has 1 saturated heterocycles. The Kier molecular flexibility index (Phi) is 5.35. The van der Waals surface area contributed by atoms with Gasteiger partial charge in [0.05, 0.1) is 23.9 Å². The van der Waals surface area contributed by atoms with Crippen molar-refractivity contribution in [3.8, 4) is 0 Å². The molecule has 24 heavy (non-hydrogen) atoms. The molecule has 1 fully saturated rings. The van der Waals surface area contributed by atoms with E-state index in [1.165, 1.54) is 16.7 Å². The maximum atomic E-state index is 12.7. The number of thioether (sulfide) groups is 2. The Morgan fingerprint density at radius 2 is 2.08 bits per heavy atom. The predicted octanol–water partition coefficient (Wildman–Crippen LogP) is 1.54. The molecule has 6 nitrogen and oxygen atoms in total. The van der Waals surface area contributed by atoms with Crippen LogP contribution in [0, 0.1) is 0 Å². The Morgan fingerprint density at radius 1 is 1.29 bits per heavy atom. The van der Waals surface area contributed by atoms with Crippen LogP contribution in [0.4, 0.5) is 5.69 Å². The average molecular weight is 366 g/mol. The molecule has 1 aromatic carbocycles. The zero-order chi connectivity index (χ0) is 17.1. The SMILES string of the molecule is O=C(O)CC1CSCCN1C(=O)CN1C(=O)CSc2ccccc21. The standard InChI is InChI=1S/C16H18N2O4S2/c19-14(17-5-6-23-9-11(17)7-16(21)22)8-18-12-3-1-2-4-13(12)24-10-15(18)20/h1-4,11H,5-10H2,(H,21,22). The lowest BCUT2D eigenvalue weighted by Crippen LogP contribution is -2.52. The largest absolute Gasteiger partial charge is 0.481 e. The first-order chi connectivity index (χ1) is 11.6. The fraction of sp³-hybridized carbons (Fsp3) is 0.438. The van der Waals surface area contributed by atoms with Crippen LogP contribution in [0.2, 0.25) is 0 Å². The molecule has 1 atom stereocenters. The van der Waals surface area contributed by atoms with Crippen LogP contribution in [-0.2, 0) is 14.4 Å². The first-order valence-electron chi connectivity index (χ1n) is 7.67. The lowest BCUT2D eigenvalue weighted by Gasteiger charge is -2.37. The van der Waals surface area contributed by atoms with Gasteiger partial charge < -0.3 is 14.9 Å². The average Bonchev–Trinajstić information content (AvgIpc) is 2.57. The summed E-state index contributed by atoms with van der Waals surface area (Å²) in [4.78, 5) is 40.2. The number of para-hydroxylation sites is 1. The van der Waals surface area contributed by atoms with Crippen molar-refractivity contribution in [2.75, 3.05) is 35.2 Å². The van der Waals surface area contributed by atoms with Crippen molar-refractivity contribution in [1.29, 1.82) is 0 Å². The topological polar surface area (TPSA) is 77.9 Å². The summed E-state index contributed by atoms with van der Waals surface area (Å²) in [6, 6.07) is 7.23. The third-order valence-corrected chi connectivity index (χ3v) is 6.20. The van der Waals surface area contributed by atoms with Gasteiger partial charge in [0.2, 0.25) is 11.8 Å². The molecule has 0 aromatic heterocycles. The highest BCUT2D eigenvalue weighted by Crippen LogP contribution is 2.35. The summed E-state index contributed by atoms with van der Waals surface area (Å²) < 4.78 is 0. The molecule has 2 heterocycles. The van der Waals surface area contributed by atoms with E-state index in [0.29, 0.717) is 18.1 Å². The summed E-state index contributed by atoms with van der Waals surface area (Å²) >= 11 is 3.14. The molecular weight excluding hydrogens is 348 g/mol. The molecule has 1 N–H and O–H groups in total. The lowest BCUT2D eigenvalue weighted by molar-refractivity contribution is -0.140. The highest BCUT2D eigenvalue weighted by molar-refractivity contribution is 8.00. The number of rotatable bonds is 4. The fourth-order valence-electron chi connectivity index (χ4n) is 2.91. The maximum absolute atomic E-state index is 12.7. The maximum Gasteiger partial charge on any atom is 0.305 e. The van der Waals surface area contributed by atoms with E-state index in [1.807, 2.05) is 24.3 Å². The monoisotopic (exact) mass is 366 g/mol. The molecule has 2 aliphatic heterocycles. The summed E-state index contributed by atoms with van der Waals surface area (Å²) in [7, 11) is 0. The number of aliphatic carboxylic acids is 1. The summed E-state index contributed by atoms with van der Waals surface area (Å²) in [5, 5.41) is 9.04. The van der Waals surface area contributed by atoms with Crippen molar-refractivity contribution < 1.29 is 19.5 Å². The number of anilines is 1. The number of nitrogens with zero attached hydrogens (tertiary/aromatic N) is 2. The Hall–Kier alpha value is -1.67. The van der Waals surface area contributed by atoms with Gasteiger partial charge in [-0.3, -0.25) is 14.4 Å². The van der Waals surface area contributed by atoms with Gasteiger partial charge in [0.15, 0.2) is 0 Å². The van der Waals surface area contributed by atoms with E-state index in [4.69, 9.17) is 5.11 Å². The van der Waals surface area contributed by atoms with Crippen molar-refractivity contribution in [3.63, 3.8) is 0 Å². The zero-order valence-corrected chi connectivity index (χ0v) is 14.6. The molecule has 8 heteroatoms. The molecule has 1 unspecified atom stereocenters. The van der Waals surface area contributed by atoms with Gasteiger partial charge in [0, 0.05) is 22.9 Å². The van der Waals surface area contributed by atoms with Crippen LogP contribution in [0.5, 0.6) is 0 Å². The molecule has 0 saturated carbocycles. The molecule has 2 aliphatic rings. The van der Waals surface area contributed by atoms with E-state index in [2.05, 4.69) is 0 Å². The minimum Gasteiger partial charge on any atom is -0.481 e. The Morgan fingerprint density at radius 3 is 2.88 bits per heavy atom. The second-order valence-electron chi connectivity index (χ2n) is 5.65. The number of benzene rings is 1. The molecule has 1 aromatic rings. The number of hydrogen-bond donors (Lipinski definition) is 1. The van der Waals surface area contributed by atoms with Crippen molar-refractivity contribution >= 4 is 47.0 Å². The van der Waals surface area contributed by atoms with Gasteiger partial charge in [-0.05, 0) is 12.1 Å². The summed E-state index contributed by atoms with van der Waals surface area (Å²) in [6.07, 6.45) is -0.0564. The minimum absolute atomic E-state index is 0.0306. The van der Waals surface area contributed by atoms with Crippen LogP contribution in [0.1, 0.15) is 6.42 Å². The Bertz CT molecular complexity index is 667. The fourth-order valence-corrected chi connectivity index (χ4v) is 4.91. The van der Waals surface area contributed by atoms with E-state index in [-0.39, 0.29) is 30.8 Å². The zero-order valence-electron chi connectivity index (χ0n) is 13.0. The highest BCUT2D eigenvalue weighted by Gasteiger charge is 2.32. The van der Waals surface area contributed by atoms with Crippen LogP contribution in [0.15, 0.2) is 29.2 Å². The quantitative estimate of drug-likeness (QED) is 0.871. The van der Waals surface area contributed by atoms with Crippen molar-refractivity contribution in [2.45, 2.75) is 17.4 Å². The highest BCUT2D eigenvalue weighted by atomic mass is 32.2. The molecule has 0 radical (unpaired) electrons. The van der Waals surface area contributed by atoms with Gasteiger partial charge in [0.1, 0.15) is 6.54 Å². The van der Waals surface area contributed by atoms with Crippen molar-refractivity contribution in [2.24, 2.45) is 0 Å². The van der Waals surface area contributed by atoms with Crippen LogP contribution in [0.3, 0.4) is 0 Å².